The summed E-state index contributed by atoms with van der Waals surface area (Å²) >= 11 is 5.76. The number of anilines is 2. The summed E-state index contributed by atoms with van der Waals surface area (Å²) < 4.78 is 0. The summed E-state index contributed by atoms with van der Waals surface area (Å²) in [7, 11) is 0. The van der Waals surface area contributed by atoms with Gasteiger partial charge in [0.15, 0.2) is 5.82 Å². The van der Waals surface area contributed by atoms with Crippen LogP contribution in [0.3, 0.4) is 0 Å². The summed E-state index contributed by atoms with van der Waals surface area (Å²) in [6, 6.07) is 0. The fourth-order valence-corrected chi connectivity index (χ4v) is 1.80. The van der Waals surface area contributed by atoms with E-state index in [1.54, 1.807) is 0 Å². The van der Waals surface area contributed by atoms with Crippen LogP contribution in [0, 0.1) is 18.8 Å². The van der Waals surface area contributed by atoms with Gasteiger partial charge in [0.05, 0.1) is 11.4 Å². The minimum absolute atomic E-state index is 0.244. The Balaban J connectivity index is 2.06. The smallest absolute Gasteiger partial charge is 0.224 e. The number of nitrogens with one attached hydrogen (secondary N) is 1. The van der Waals surface area contributed by atoms with Crippen LogP contribution in [0.4, 0.5) is 11.5 Å². The van der Waals surface area contributed by atoms with Crippen molar-refractivity contribution >= 4 is 23.1 Å². The van der Waals surface area contributed by atoms with Gasteiger partial charge in [-0.1, -0.05) is 6.92 Å². The number of nitrogens with zero attached hydrogens (tertiary/aromatic N) is 2. The molecular weight excluding hydrogens is 212 g/mol. The van der Waals surface area contributed by atoms with Gasteiger partial charge in [-0.2, -0.15) is 4.98 Å². The fraction of sp³-hybridized carbons (Fsp3) is 0.600. The van der Waals surface area contributed by atoms with Crippen molar-refractivity contribution in [2.45, 2.75) is 20.3 Å². The van der Waals surface area contributed by atoms with Gasteiger partial charge in [-0.05, 0) is 36.8 Å². The van der Waals surface area contributed by atoms with E-state index in [9.17, 15) is 0 Å². The number of hydrogen-bond acceptors (Lipinski definition) is 4. The zero-order valence-electron chi connectivity index (χ0n) is 8.92. The minimum Gasteiger partial charge on any atom is -0.394 e. The van der Waals surface area contributed by atoms with Gasteiger partial charge in [-0.15, -0.1) is 0 Å². The number of nitrogen functional groups attached to an aromatic ring is 1. The van der Waals surface area contributed by atoms with Crippen LogP contribution < -0.4 is 11.1 Å². The highest BCUT2D eigenvalue weighted by Crippen LogP contribution is 2.37. The van der Waals surface area contributed by atoms with E-state index in [-0.39, 0.29) is 5.28 Å². The Labute approximate surface area is 94.2 Å². The molecule has 1 saturated carbocycles. The summed E-state index contributed by atoms with van der Waals surface area (Å²) in [5.74, 6) is 2.22. The molecule has 4 nitrogen and oxygen atoms in total. The largest absolute Gasteiger partial charge is 0.394 e. The van der Waals surface area contributed by atoms with E-state index in [1.807, 2.05) is 6.92 Å². The van der Waals surface area contributed by atoms with Crippen LogP contribution in [-0.4, -0.2) is 16.5 Å². The molecule has 2 atom stereocenters. The molecule has 1 heterocycles. The molecule has 2 rings (SSSR count). The van der Waals surface area contributed by atoms with Crippen molar-refractivity contribution in [3.63, 3.8) is 0 Å². The maximum Gasteiger partial charge on any atom is 0.224 e. The first-order valence-electron chi connectivity index (χ1n) is 5.11. The molecule has 1 aromatic heterocycles. The van der Waals surface area contributed by atoms with Gasteiger partial charge in [0.2, 0.25) is 5.28 Å². The molecular formula is C10H15ClN4. The van der Waals surface area contributed by atoms with E-state index in [0.717, 1.165) is 24.1 Å². The lowest BCUT2D eigenvalue weighted by molar-refractivity contribution is 0.784. The molecule has 0 radical (unpaired) electrons. The monoisotopic (exact) mass is 226 g/mol. The molecule has 0 bridgehead atoms. The van der Waals surface area contributed by atoms with E-state index in [0.29, 0.717) is 11.5 Å². The molecule has 0 amide bonds. The second-order valence-corrected chi connectivity index (χ2v) is 4.53. The normalized spacial score (nSPS) is 23.9. The first-order chi connectivity index (χ1) is 7.08. The average Bonchev–Trinajstić information content (AvgIpc) is 2.86. The van der Waals surface area contributed by atoms with Crippen LogP contribution in [-0.2, 0) is 0 Å². The van der Waals surface area contributed by atoms with Crippen LogP contribution in [0.1, 0.15) is 19.0 Å². The van der Waals surface area contributed by atoms with Crippen LogP contribution in [0.15, 0.2) is 0 Å². The van der Waals surface area contributed by atoms with Gasteiger partial charge in [0.25, 0.3) is 0 Å². The van der Waals surface area contributed by atoms with Crippen LogP contribution in [0.5, 0.6) is 0 Å². The summed E-state index contributed by atoms with van der Waals surface area (Å²) in [4.78, 5) is 8.06. The summed E-state index contributed by atoms with van der Waals surface area (Å²) in [6.07, 6.45) is 1.28. The Hall–Kier alpha value is -1.03. The molecule has 0 aromatic carbocycles. The molecule has 82 valence electrons. The zero-order valence-corrected chi connectivity index (χ0v) is 9.67. The van der Waals surface area contributed by atoms with Crippen LogP contribution in [0.25, 0.3) is 0 Å². The third-order valence-corrected chi connectivity index (χ3v) is 3.09. The number of halogens is 1. The van der Waals surface area contributed by atoms with Crippen molar-refractivity contribution in [2.75, 3.05) is 17.6 Å². The lowest BCUT2D eigenvalue weighted by atomic mass is 10.3. The Kier molecular flexibility index (Phi) is 2.69. The third-order valence-electron chi connectivity index (χ3n) is 2.92. The molecule has 5 heteroatoms. The second kappa shape index (κ2) is 3.85. The van der Waals surface area contributed by atoms with Gasteiger partial charge >= 0.3 is 0 Å². The van der Waals surface area contributed by atoms with Crippen molar-refractivity contribution in [2.24, 2.45) is 11.8 Å². The Bertz CT molecular complexity index is 380. The third kappa shape index (κ3) is 2.31. The second-order valence-electron chi connectivity index (χ2n) is 4.19. The highest BCUT2D eigenvalue weighted by Gasteiger charge is 2.32. The van der Waals surface area contributed by atoms with Gasteiger partial charge in [-0.3, -0.25) is 0 Å². The highest BCUT2D eigenvalue weighted by molar-refractivity contribution is 6.28. The maximum atomic E-state index is 5.85. The quantitative estimate of drug-likeness (QED) is 0.775. The molecule has 1 aromatic rings. The summed E-state index contributed by atoms with van der Waals surface area (Å²) in [5, 5.41) is 3.47. The molecule has 15 heavy (non-hydrogen) atoms. The van der Waals surface area contributed by atoms with Gasteiger partial charge < -0.3 is 11.1 Å². The first kappa shape index (κ1) is 10.5. The Morgan fingerprint density at radius 1 is 1.53 bits per heavy atom. The maximum absolute atomic E-state index is 5.85. The predicted octanol–water partition coefficient (Wildman–Crippen LogP) is 2.09. The highest BCUT2D eigenvalue weighted by atomic mass is 35.5. The summed E-state index contributed by atoms with van der Waals surface area (Å²) in [6.45, 7) is 4.99. The van der Waals surface area contributed by atoms with Crippen molar-refractivity contribution in [1.82, 2.24) is 9.97 Å². The fourth-order valence-electron chi connectivity index (χ4n) is 1.59. The van der Waals surface area contributed by atoms with Crippen molar-refractivity contribution in [3.05, 3.63) is 11.0 Å². The average molecular weight is 227 g/mol. The molecule has 1 fully saturated rings. The van der Waals surface area contributed by atoms with Gasteiger partial charge in [-0.25, -0.2) is 4.98 Å². The van der Waals surface area contributed by atoms with E-state index < -0.39 is 0 Å². The number of rotatable bonds is 3. The molecule has 1 aliphatic rings. The molecule has 0 spiro atoms. The standard InChI is InChI=1S/C10H15ClN4/c1-5-3-7(5)4-13-9-8(12)6(2)14-10(11)15-9/h5,7H,3-4,12H2,1-2H3,(H,13,14,15). The number of aromatic nitrogens is 2. The molecule has 0 aliphatic heterocycles. The minimum atomic E-state index is 0.244. The molecule has 3 N–H and O–H groups in total. The van der Waals surface area contributed by atoms with Gasteiger partial charge in [0.1, 0.15) is 0 Å². The zero-order chi connectivity index (χ0) is 11.0. The molecule has 0 saturated heterocycles. The van der Waals surface area contributed by atoms with Gasteiger partial charge in [0, 0.05) is 6.54 Å². The van der Waals surface area contributed by atoms with E-state index in [1.165, 1.54) is 6.42 Å². The topological polar surface area (TPSA) is 63.8 Å². The van der Waals surface area contributed by atoms with Crippen molar-refractivity contribution < 1.29 is 0 Å². The predicted molar refractivity (Wildman–Crippen MR) is 62.0 cm³/mol. The molecule has 1 aliphatic carbocycles. The van der Waals surface area contributed by atoms with Crippen LogP contribution >= 0.6 is 11.6 Å². The van der Waals surface area contributed by atoms with Crippen molar-refractivity contribution in [1.29, 1.82) is 0 Å². The van der Waals surface area contributed by atoms with E-state index in [2.05, 4.69) is 22.2 Å². The first-order valence-corrected chi connectivity index (χ1v) is 5.49. The van der Waals surface area contributed by atoms with E-state index >= 15 is 0 Å². The van der Waals surface area contributed by atoms with Crippen LogP contribution in [0.2, 0.25) is 5.28 Å². The SMILES string of the molecule is Cc1nc(Cl)nc(NCC2CC2C)c1N. The number of nitrogens with two attached hydrogens (primary N) is 1. The van der Waals surface area contributed by atoms with Crippen molar-refractivity contribution in [3.8, 4) is 0 Å². The van der Waals surface area contributed by atoms with E-state index in [4.69, 9.17) is 17.3 Å². The Morgan fingerprint density at radius 3 is 2.80 bits per heavy atom. The Morgan fingerprint density at radius 2 is 2.20 bits per heavy atom. The lowest BCUT2D eigenvalue weighted by Crippen LogP contribution is -2.10. The number of aryl methyl sites for hydroxylation is 1. The lowest BCUT2D eigenvalue weighted by Gasteiger charge is -2.09. The molecule has 2 unspecified atom stereocenters. The number of hydrogen-bond donors (Lipinski definition) is 2. The summed E-state index contributed by atoms with van der Waals surface area (Å²) in [5.41, 5.74) is 7.16.